The normalized spacial score (nSPS) is 14.8. The molecule has 10 heteroatoms. The maximum atomic E-state index is 12.7. The van der Waals surface area contributed by atoms with Gasteiger partial charge in [-0.1, -0.05) is 31.5 Å². The van der Waals surface area contributed by atoms with Gasteiger partial charge < -0.3 is 14.8 Å². The Labute approximate surface area is 195 Å². The predicted molar refractivity (Wildman–Crippen MR) is 126 cm³/mol. The quantitative estimate of drug-likeness (QED) is 0.259. The van der Waals surface area contributed by atoms with Gasteiger partial charge in [-0.2, -0.15) is 0 Å². The van der Waals surface area contributed by atoms with Crippen LogP contribution in [0.2, 0.25) is 5.02 Å². The molecule has 0 saturated carbocycles. The van der Waals surface area contributed by atoms with Gasteiger partial charge in [0.15, 0.2) is 5.11 Å². The zero-order valence-electron chi connectivity index (χ0n) is 17.8. The molecule has 0 bridgehead atoms. The van der Waals surface area contributed by atoms with Crippen LogP contribution < -0.4 is 14.8 Å². The number of carbonyl (C=O) groups excluding carboxylic acids is 1. The highest BCUT2D eigenvalue weighted by molar-refractivity contribution is 7.80. The molecule has 1 aliphatic heterocycles. The molecule has 1 heterocycles. The molecule has 0 atom stereocenters. The fourth-order valence-corrected chi connectivity index (χ4v) is 3.64. The number of rotatable bonds is 8. The van der Waals surface area contributed by atoms with Gasteiger partial charge in [0.05, 0.1) is 17.1 Å². The van der Waals surface area contributed by atoms with Crippen molar-refractivity contribution < 1.29 is 19.2 Å². The number of nitro benzene ring substituents is 1. The Kier molecular flexibility index (Phi) is 7.32. The van der Waals surface area contributed by atoms with Gasteiger partial charge in [0.2, 0.25) is 0 Å². The maximum absolute atomic E-state index is 12.7. The molecule has 1 saturated heterocycles. The van der Waals surface area contributed by atoms with E-state index in [9.17, 15) is 14.9 Å². The summed E-state index contributed by atoms with van der Waals surface area (Å²) in [5.41, 5.74) is 1.74. The second-order valence-corrected chi connectivity index (χ2v) is 8.32. The third-order valence-electron chi connectivity index (χ3n) is 4.63. The molecular formula is C22H22ClN3O5S. The standard InChI is InChI=1S/C22H22ClN3O5S/c1-13(2)11-25-21(27)18(24-22(25)32)9-14-4-6-19(30-3)15(8-14)12-31-20-7-5-16(26(28)29)10-17(20)23/h4-10,13H,11-12H2,1-3H3,(H,24,32)/b18-9+. The molecule has 8 nitrogen and oxygen atoms in total. The zero-order chi connectivity index (χ0) is 23.4. The number of nitro groups is 1. The van der Waals surface area contributed by atoms with E-state index in [-0.39, 0.29) is 29.1 Å². The molecule has 1 N–H and O–H groups in total. The van der Waals surface area contributed by atoms with E-state index in [0.29, 0.717) is 34.4 Å². The topological polar surface area (TPSA) is 93.9 Å². The average Bonchev–Trinajstić information content (AvgIpc) is 2.99. The molecule has 168 valence electrons. The first-order valence-electron chi connectivity index (χ1n) is 9.77. The van der Waals surface area contributed by atoms with Crippen LogP contribution in [0.3, 0.4) is 0 Å². The number of hydrogen-bond donors (Lipinski definition) is 1. The monoisotopic (exact) mass is 475 g/mol. The summed E-state index contributed by atoms with van der Waals surface area (Å²) in [7, 11) is 1.54. The van der Waals surface area contributed by atoms with Crippen molar-refractivity contribution in [2.75, 3.05) is 13.7 Å². The van der Waals surface area contributed by atoms with Crippen molar-refractivity contribution >= 4 is 46.6 Å². The summed E-state index contributed by atoms with van der Waals surface area (Å²) in [6, 6.07) is 9.42. The lowest BCUT2D eigenvalue weighted by molar-refractivity contribution is -0.384. The van der Waals surface area contributed by atoms with Crippen molar-refractivity contribution in [3.05, 3.63) is 68.4 Å². The summed E-state index contributed by atoms with van der Waals surface area (Å²) in [5, 5.41) is 14.4. The van der Waals surface area contributed by atoms with Crippen molar-refractivity contribution in [3.63, 3.8) is 0 Å². The fraction of sp³-hybridized carbons (Fsp3) is 0.273. The summed E-state index contributed by atoms with van der Waals surface area (Å²) >= 11 is 11.4. The van der Waals surface area contributed by atoms with Gasteiger partial charge in [-0.15, -0.1) is 0 Å². The first-order valence-corrected chi connectivity index (χ1v) is 10.6. The highest BCUT2D eigenvalue weighted by Gasteiger charge is 2.30. The number of nitrogens with zero attached hydrogens (tertiary/aromatic N) is 2. The predicted octanol–water partition coefficient (Wildman–Crippen LogP) is 4.55. The van der Waals surface area contributed by atoms with Crippen LogP contribution in [0.25, 0.3) is 6.08 Å². The number of halogens is 1. The van der Waals surface area contributed by atoms with Gasteiger partial charge >= 0.3 is 0 Å². The van der Waals surface area contributed by atoms with Crippen LogP contribution in [0.15, 0.2) is 42.1 Å². The largest absolute Gasteiger partial charge is 0.496 e. The Morgan fingerprint density at radius 1 is 1.25 bits per heavy atom. The van der Waals surface area contributed by atoms with E-state index in [1.165, 1.54) is 18.2 Å². The molecule has 1 fully saturated rings. The van der Waals surface area contributed by atoms with E-state index in [1.807, 2.05) is 26.0 Å². The Morgan fingerprint density at radius 2 is 1.97 bits per heavy atom. The third kappa shape index (κ3) is 5.35. The average molecular weight is 476 g/mol. The third-order valence-corrected chi connectivity index (χ3v) is 5.25. The highest BCUT2D eigenvalue weighted by atomic mass is 35.5. The van der Waals surface area contributed by atoms with E-state index in [2.05, 4.69) is 5.32 Å². The number of ether oxygens (including phenoxy) is 2. The molecule has 1 aliphatic rings. The van der Waals surface area contributed by atoms with Crippen molar-refractivity contribution in [1.82, 2.24) is 10.2 Å². The lowest BCUT2D eigenvalue weighted by atomic mass is 10.1. The SMILES string of the molecule is COc1ccc(/C=C2/NC(=S)N(CC(C)C)C2=O)cc1COc1ccc([N+](=O)[O-])cc1Cl. The zero-order valence-corrected chi connectivity index (χ0v) is 19.3. The summed E-state index contributed by atoms with van der Waals surface area (Å²) < 4.78 is 11.2. The Bertz CT molecular complexity index is 1100. The van der Waals surface area contributed by atoms with Crippen LogP contribution in [-0.4, -0.2) is 34.5 Å². The summed E-state index contributed by atoms with van der Waals surface area (Å²) in [4.78, 5) is 24.6. The number of benzene rings is 2. The van der Waals surface area contributed by atoms with E-state index in [4.69, 9.17) is 33.3 Å². The lowest BCUT2D eigenvalue weighted by Gasteiger charge is -2.16. The molecule has 32 heavy (non-hydrogen) atoms. The lowest BCUT2D eigenvalue weighted by Crippen LogP contribution is -2.33. The fourth-order valence-electron chi connectivity index (χ4n) is 3.15. The number of methoxy groups -OCH3 is 1. The number of hydrogen-bond acceptors (Lipinski definition) is 6. The summed E-state index contributed by atoms with van der Waals surface area (Å²) in [5.74, 6) is 1.02. The van der Waals surface area contributed by atoms with Crippen LogP contribution in [0.4, 0.5) is 5.69 Å². The van der Waals surface area contributed by atoms with Crippen molar-refractivity contribution in [2.24, 2.45) is 5.92 Å². The van der Waals surface area contributed by atoms with E-state index < -0.39 is 4.92 Å². The van der Waals surface area contributed by atoms with Crippen LogP contribution in [0.5, 0.6) is 11.5 Å². The molecule has 3 rings (SSSR count). The van der Waals surface area contributed by atoms with E-state index in [0.717, 1.165) is 5.56 Å². The minimum absolute atomic E-state index is 0.108. The molecule has 2 aromatic carbocycles. The van der Waals surface area contributed by atoms with Crippen LogP contribution in [-0.2, 0) is 11.4 Å². The van der Waals surface area contributed by atoms with E-state index >= 15 is 0 Å². The number of amides is 1. The number of nitrogens with one attached hydrogen (secondary N) is 1. The van der Waals surface area contributed by atoms with Crippen LogP contribution >= 0.6 is 23.8 Å². The Morgan fingerprint density at radius 3 is 2.59 bits per heavy atom. The molecule has 2 aromatic rings. The van der Waals surface area contributed by atoms with Crippen molar-refractivity contribution in [1.29, 1.82) is 0 Å². The molecule has 0 aromatic heterocycles. The molecule has 0 radical (unpaired) electrons. The van der Waals surface area contributed by atoms with Crippen molar-refractivity contribution in [3.8, 4) is 11.5 Å². The maximum Gasteiger partial charge on any atom is 0.276 e. The van der Waals surface area contributed by atoms with Gasteiger partial charge in [-0.25, -0.2) is 0 Å². The highest BCUT2D eigenvalue weighted by Crippen LogP contribution is 2.30. The van der Waals surface area contributed by atoms with Crippen LogP contribution in [0.1, 0.15) is 25.0 Å². The molecule has 0 aliphatic carbocycles. The number of carbonyl (C=O) groups is 1. The van der Waals surface area contributed by atoms with Gasteiger partial charge in [-0.3, -0.25) is 19.8 Å². The van der Waals surface area contributed by atoms with Gasteiger partial charge in [0.25, 0.3) is 11.6 Å². The summed E-state index contributed by atoms with van der Waals surface area (Å²) in [6.45, 7) is 4.69. The summed E-state index contributed by atoms with van der Waals surface area (Å²) in [6.07, 6.45) is 1.72. The molecule has 0 spiro atoms. The minimum atomic E-state index is -0.526. The van der Waals surface area contributed by atoms with Gasteiger partial charge in [-0.05, 0) is 48.0 Å². The first-order chi connectivity index (χ1) is 15.2. The molecule has 0 unspecified atom stereocenters. The minimum Gasteiger partial charge on any atom is -0.496 e. The number of non-ortho nitro benzene ring substituents is 1. The molecule has 1 amide bonds. The first kappa shape index (κ1) is 23.5. The van der Waals surface area contributed by atoms with Gasteiger partial charge in [0.1, 0.15) is 23.8 Å². The second-order valence-electron chi connectivity index (χ2n) is 7.53. The smallest absolute Gasteiger partial charge is 0.276 e. The second kappa shape index (κ2) is 9.97. The van der Waals surface area contributed by atoms with Crippen LogP contribution in [0, 0.1) is 16.0 Å². The molecular weight excluding hydrogens is 454 g/mol. The van der Waals surface area contributed by atoms with E-state index in [1.54, 1.807) is 24.2 Å². The number of thiocarbonyl (C=S) groups is 1. The Hall–Kier alpha value is -3.17. The van der Waals surface area contributed by atoms with Gasteiger partial charge in [0, 0.05) is 24.2 Å². The van der Waals surface area contributed by atoms with Crippen molar-refractivity contribution in [2.45, 2.75) is 20.5 Å². The Balaban J connectivity index is 1.80.